The van der Waals surface area contributed by atoms with Gasteiger partial charge >= 0.3 is 23.9 Å². The zero-order valence-electron chi connectivity index (χ0n) is 36.7. The molecule has 5 rings (SSSR count). The van der Waals surface area contributed by atoms with E-state index in [2.05, 4.69) is 0 Å². The van der Waals surface area contributed by atoms with Crippen molar-refractivity contribution in [2.75, 3.05) is 0 Å². The van der Waals surface area contributed by atoms with Crippen molar-refractivity contribution in [1.82, 2.24) is 0 Å². The summed E-state index contributed by atoms with van der Waals surface area (Å²) in [6, 6.07) is 0. The minimum absolute atomic E-state index is 0.204. The molecule has 0 saturated carbocycles. The third kappa shape index (κ3) is 10.3. The van der Waals surface area contributed by atoms with Crippen LogP contribution in [0.3, 0.4) is 0 Å². The Kier molecular flexibility index (Phi) is 15.1. The van der Waals surface area contributed by atoms with Crippen molar-refractivity contribution in [3.63, 3.8) is 0 Å². The maximum Gasteiger partial charge on any atom is 0.341 e. The number of ether oxygens (including phenoxy) is 8. The highest BCUT2D eigenvalue weighted by Crippen LogP contribution is 2.46. The number of carbonyl (C=O) groups is 4. The molecule has 4 fully saturated rings. The Labute approximate surface area is 353 Å². The molecular weight excluding hydrogens is 784 g/mol. The molecule has 8 bridgehead atoms. The maximum atomic E-state index is 13.5. The highest BCUT2D eigenvalue weighted by Gasteiger charge is 2.57. The van der Waals surface area contributed by atoms with Crippen molar-refractivity contribution in [2.24, 2.45) is 22.7 Å². The molecule has 340 valence electrons. The minimum Gasteiger partial charge on any atom is -0.462 e. The predicted octanol–water partition coefficient (Wildman–Crippen LogP) is 3.72. The van der Waals surface area contributed by atoms with Gasteiger partial charge in [0.25, 0.3) is 0 Å². The summed E-state index contributed by atoms with van der Waals surface area (Å²) >= 11 is 0. The van der Waals surface area contributed by atoms with E-state index in [4.69, 9.17) is 37.9 Å². The molecule has 0 spiro atoms. The summed E-state index contributed by atoms with van der Waals surface area (Å²) in [6.07, 6.45) is -1.38. The summed E-state index contributed by atoms with van der Waals surface area (Å²) in [7, 11) is 0. The summed E-state index contributed by atoms with van der Waals surface area (Å²) in [5.41, 5.74) is -1.88. The third-order valence-electron chi connectivity index (χ3n) is 13.7. The highest BCUT2D eigenvalue weighted by atomic mass is 16.7. The first-order valence-electron chi connectivity index (χ1n) is 21.5. The number of esters is 4. The van der Waals surface area contributed by atoms with E-state index in [9.17, 15) is 39.6 Å². The van der Waals surface area contributed by atoms with Crippen LogP contribution in [-0.4, -0.2) is 129 Å². The smallest absolute Gasteiger partial charge is 0.341 e. The molecule has 4 N–H and O–H groups in total. The van der Waals surface area contributed by atoms with Gasteiger partial charge in [-0.15, -0.1) is 0 Å². The van der Waals surface area contributed by atoms with E-state index in [0.29, 0.717) is 25.7 Å². The van der Waals surface area contributed by atoms with Gasteiger partial charge in [0, 0.05) is 62.2 Å². The van der Waals surface area contributed by atoms with Crippen LogP contribution in [0.1, 0.15) is 121 Å². The van der Waals surface area contributed by atoms with Gasteiger partial charge in [-0.25, -0.2) is 9.59 Å². The second-order valence-electron chi connectivity index (χ2n) is 18.8. The van der Waals surface area contributed by atoms with Gasteiger partial charge in [-0.3, -0.25) is 9.59 Å². The Morgan fingerprint density at radius 3 is 1.32 bits per heavy atom. The number of aliphatic hydroxyl groups excluding tert-OH is 2. The van der Waals surface area contributed by atoms with Crippen LogP contribution < -0.4 is 0 Å². The standard InChI is InChI=1S/C44H68O16/c1-23-17-19-35-41(7,8)33(55-27(5)45)15-11-13-30-22-32(26(4)54-30)58-40(50)38(48)44(52)24(2)18-20-36(60-44)42(9,10)34(56-28(6)46)16-12-14-29-21-31(25(3)53-29)57-39(49)37(47)43(23,51)59-35/h11-14,23-26,29-38,47-48,51-52H,15-22H2,1-10H3/b13-11+,14-12+/t23-,24-,25-,26-,29-,30-,31+,32+,33+,34+,35+,36+,37-,38-,43-,44-/m1/s1. The van der Waals surface area contributed by atoms with Crippen molar-refractivity contribution in [3.05, 3.63) is 24.3 Å². The predicted molar refractivity (Wildman–Crippen MR) is 212 cm³/mol. The van der Waals surface area contributed by atoms with Crippen LogP contribution in [0.4, 0.5) is 0 Å². The summed E-state index contributed by atoms with van der Waals surface area (Å²) in [6.45, 7) is 16.7. The van der Waals surface area contributed by atoms with E-state index in [1.165, 1.54) is 13.8 Å². The van der Waals surface area contributed by atoms with E-state index in [-0.39, 0.29) is 25.7 Å². The molecule has 60 heavy (non-hydrogen) atoms. The fourth-order valence-electron chi connectivity index (χ4n) is 9.25. The molecular formula is C44H68O16. The van der Waals surface area contributed by atoms with Gasteiger partial charge in [0.2, 0.25) is 23.8 Å². The normalized spacial score (nSPS) is 45.2. The Balaban J connectivity index is 1.45. The fourth-order valence-corrected chi connectivity index (χ4v) is 9.25. The largest absolute Gasteiger partial charge is 0.462 e. The Bertz CT molecular complexity index is 1490. The molecule has 5 heterocycles. The number of rotatable bonds is 2. The molecule has 0 unspecified atom stereocenters. The zero-order valence-corrected chi connectivity index (χ0v) is 36.7. The molecule has 5 aliphatic heterocycles. The van der Waals surface area contributed by atoms with Crippen LogP contribution in [0, 0.1) is 22.7 Å². The summed E-state index contributed by atoms with van der Waals surface area (Å²) in [4.78, 5) is 51.8. The van der Waals surface area contributed by atoms with E-state index >= 15 is 0 Å². The molecule has 0 amide bonds. The first-order chi connectivity index (χ1) is 27.9. The van der Waals surface area contributed by atoms with E-state index in [0.717, 1.165) is 0 Å². The zero-order chi connectivity index (χ0) is 44.5. The van der Waals surface area contributed by atoms with Crippen LogP contribution in [0.15, 0.2) is 24.3 Å². The van der Waals surface area contributed by atoms with Crippen LogP contribution in [0.2, 0.25) is 0 Å². The molecule has 16 nitrogen and oxygen atoms in total. The number of aliphatic hydroxyl groups is 4. The number of fused-ring (bicyclic) bond motifs is 8. The molecule has 0 aromatic rings. The Hall–Kier alpha value is -2.96. The SMILES string of the molecule is CC(=O)O[C@H]1C/C=C/[C@@H]2C[C@H](OC(=O)[C@@H](O)[C@]3(O)O[C@@H](CC[C@H]3C)C(C)(C)[C@@H](OC(C)=O)C/C=C/[C@@H]3C[C@H](OC(=O)[C@@H](O)[C@]4(O)O[C@@H](CC[C@H]4C)C1(C)C)[C@@H](C)O3)[C@@H](C)O2. The van der Waals surface area contributed by atoms with Crippen LogP contribution >= 0.6 is 0 Å². The second-order valence-corrected chi connectivity index (χ2v) is 18.8. The number of hydrogen-bond acceptors (Lipinski definition) is 16. The Morgan fingerprint density at radius 2 is 0.983 bits per heavy atom. The number of hydrogen-bond donors (Lipinski definition) is 4. The maximum absolute atomic E-state index is 13.5. The summed E-state index contributed by atoms with van der Waals surface area (Å²) in [5, 5.41) is 46.5. The lowest BCUT2D eigenvalue weighted by atomic mass is 9.73. The van der Waals surface area contributed by atoms with Gasteiger partial charge in [0.15, 0.2) is 0 Å². The highest BCUT2D eigenvalue weighted by molar-refractivity contribution is 5.76. The molecule has 16 heteroatoms. The van der Waals surface area contributed by atoms with E-state index in [1.54, 1.807) is 52.0 Å². The van der Waals surface area contributed by atoms with Crippen LogP contribution in [-0.2, 0) is 57.1 Å². The molecule has 5 aliphatic rings. The molecule has 0 aromatic carbocycles. The number of carbonyl (C=O) groups excluding carboxylic acids is 4. The lowest BCUT2D eigenvalue weighted by Gasteiger charge is -2.49. The van der Waals surface area contributed by atoms with Crippen molar-refractivity contribution >= 4 is 23.9 Å². The van der Waals surface area contributed by atoms with Crippen LogP contribution in [0.5, 0.6) is 0 Å². The van der Waals surface area contributed by atoms with Gasteiger partial charge in [-0.05, 0) is 39.5 Å². The average molecular weight is 853 g/mol. The quantitative estimate of drug-likeness (QED) is 0.177. The monoisotopic (exact) mass is 852 g/mol. The van der Waals surface area contributed by atoms with E-state index < -0.39 is 131 Å². The lowest BCUT2D eigenvalue weighted by Crippen LogP contribution is -2.61. The molecule has 16 atom stereocenters. The molecule has 0 aliphatic carbocycles. The van der Waals surface area contributed by atoms with Crippen molar-refractivity contribution in [1.29, 1.82) is 0 Å². The lowest BCUT2D eigenvalue weighted by molar-refractivity contribution is -0.335. The minimum atomic E-state index is -2.32. The van der Waals surface area contributed by atoms with Crippen molar-refractivity contribution in [2.45, 2.75) is 205 Å². The van der Waals surface area contributed by atoms with Crippen molar-refractivity contribution < 1.29 is 77.5 Å². The Morgan fingerprint density at radius 1 is 0.633 bits per heavy atom. The average Bonchev–Trinajstić information content (AvgIpc) is 3.70. The van der Waals surface area contributed by atoms with Gasteiger partial charge in [0.1, 0.15) is 24.4 Å². The van der Waals surface area contributed by atoms with Gasteiger partial charge in [0.05, 0.1) is 36.6 Å². The topological polar surface area (TPSA) is 223 Å². The first kappa shape index (κ1) is 48.1. The first-order valence-corrected chi connectivity index (χ1v) is 21.5. The fraction of sp³-hybridized carbons (Fsp3) is 0.818. The van der Waals surface area contributed by atoms with Gasteiger partial charge in [-0.2, -0.15) is 0 Å². The molecule has 0 aromatic heterocycles. The second kappa shape index (κ2) is 18.8. The molecule has 0 radical (unpaired) electrons. The third-order valence-corrected chi connectivity index (χ3v) is 13.7. The van der Waals surface area contributed by atoms with Gasteiger partial charge < -0.3 is 58.3 Å². The summed E-state index contributed by atoms with van der Waals surface area (Å²) in [5.74, 6) is -9.18. The van der Waals surface area contributed by atoms with Crippen molar-refractivity contribution in [3.8, 4) is 0 Å². The molecule has 4 saturated heterocycles. The summed E-state index contributed by atoms with van der Waals surface area (Å²) < 4.78 is 47.7. The van der Waals surface area contributed by atoms with Crippen LogP contribution in [0.25, 0.3) is 0 Å². The van der Waals surface area contributed by atoms with Gasteiger partial charge in [-0.1, -0.05) is 65.8 Å². The van der Waals surface area contributed by atoms with E-state index in [1.807, 2.05) is 27.7 Å².